The molecule has 1 aliphatic heterocycles. The summed E-state index contributed by atoms with van der Waals surface area (Å²) >= 11 is 0. The summed E-state index contributed by atoms with van der Waals surface area (Å²) in [7, 11) is -1.46. The van der Waals surface area contributed by atoms with E-state index in [4.69, 9.17) is 4.74 Å². The van der Waals surface area contributed by atoms with Gasteiger partial charge in [0.15, 0.2) is 9.84 Å². The van der Waals surface area contributed by atoms with Gasteiger partial charge in [-0.05, 0) is 26.3 Å². The molecule has 1 fully saturated rings. The molecule has 2 aromatic rings. The van der Waals surface area contributed by atoms with Crippen molar-refractivity contribution >= 4 is 21.4 Å². The highest BCUT2D eigenvalue weighted by molar-refractivity contribution is 7.91. The van der Waals surface area contributed by atoms with Crippen LogP contribution in [-0.2, 0) is 21.1 Å². The first-order valence-electron chi connectivity index (χ1n) is 8.34. The number of aryl methyl sites for hydroxylation is 1. The minimum absolute atomic E-state index is 0.109. The number of sulfone groups is 1. The molecule has 1 N–H and O–H groups in total. The first-order chi connectivity index (χ1) is 12.3. The number of hydrogen-bond acceptors (Lipinski definition) is 6. The monoisotopic (exact) mass is 378 g/mol. The molecule has 8 nitrogen and oxygen atoms in total. The van der Waals surface area contributed by atoms with Gasteiger partial charge in [-0.25, -0.2) is 13.4 Å². The average Bonchev–Trinajstić information content (AvgIpc) is 3.09. The van der Waals surface area contributed by atoms with Crippen molar-refractivity contribution in [1.82, 2.24) is 14.8 Å². The van der Waals surface area contributed by atoms with Crippen molar-refractivity contribution < 1.29 is 17.9 Å². The maximum absolute atomic E-state index is 12.4. The molecule has 9 heteroatoms. The lowest BCUT2D eigenvalue weighted by Crippen LogP contribution is -2.16. The van der Waals surface area contributed by atoms with E-state index in [-0.39, 0.29) is 29.9 Å². The third-order valence-electron chi connectivity index (χ3n) is 4.60. The molecule has 1 amide bonds. The van der Waals surface area contributed by atoms with Gasteiger partial charge >= 0.3 is 0 Å². The molecule has 0 bridgehead atoms. The number of rotatable bonds is 5. The van der Waals surface area contributed by atoms with Gasteiger partial charge in [0.05, 0.1) is 48.7 Å². The molecule has 1 saturated heterocycles. The standard InChI is InChI=1S/C17H22N4O4S/c1-11-15(8-16(22)19-13-4-5-17(25-3)18-9-13)12(2)21(20-11)14-6-7-26(23,24)10-14/h4-5,9,14H,6-8,10H2,1-3H3,(H,19,22). The zero-order valence-corrected chi connectivity index (χ0v) is 15.8. The highest BCUT2D eigenvalue weighted by atomic mass is 32.2. The molecule has 3 rings (SSSR count). The third kappa shape index (κ3) is 3.87. The Morgan fingerprint density at radius 2 is 2.15 bits per heavy atom. The molecule has 0 radical (unpaired) electrons. The van der Waals surface area contributed by atoms with Crippen LogP contribution < -0.4 is 10.1 Å². The van der Waals surface area contributed by atoms with Gasteiger partial charge in [0.25, 0.3) is 0 Å². The summed E-state index contributed by atoms with van der Waals surface area (Å²) in [6.45, 7) is 3.72. The van der Waals surface area contributed by atoms with Crippen molar-refractivity contribution in [2.45, 2.75) is 32.7 Å². The molecule has 0 aliphatic carbocycles. The second kappa shape index (κ2) is 7.06. The highest BCUT2D eigenvalue weighted by Crippen LogP contribution is 2.27. The second-order valence-electron chi connectivity index (χ2n) is 6.46. The van der Waals surface area contributed by atoms with Crippen LogP contribution in [0.25, 0.3) is 0 Å². The predicted molar refractivity (Wildman–Crippen MR) is 97.1 cm³/mol. The fourth-order valence-electron chi connectivity index (χ4n) is 3.22. The van der Waals surface area contributed by atoms with Crippen molar-refractivity contribution in [3.8, 4) is 5.88 Å². The van der Waals surface area contributed by atoms with Gasteiger partial charge in [0, 0.05) is 17.3 Å². The maximum Gasteiger partial charge on any atom is 0.228 e. The van der Waals surface area contributed by atoms with Crippen molar-refractivity contribution in [2.24, 2.45) is 0 Å². The summed E-state index contributed by atoms with van der Waals surface area (Å²) in [5.74, 6) is 0.596. The number of ether oxygens (including phenoxy) is 1. The first kappa shape index (κ1) is 18.4. The number of carbonyl (C=O) groups excluding carboxylic acids is 1. The molecule has 0 aromatic carbocycles. The Balaban J connectivity index is 1.72. The maximum atomic E-state index is 12.4. The Morgan fingerprint density at radius 3 is 2.73 bits per heavy atom. The van der Waals surface area contributed by atoms with Gasteiger partial charge in [0.1, 0.15) is 0 Å². The van der Waals surface area contributed by atoms with E-state index in [1.807, 2.05) is 13.8 Å². The summed E-state index contributed by atoms with van der Waals surface area (Å²) in [5.41, 5.74) is 3.00. The number of aromatic nitrogens is 3. The van der Waals surface area contributed by atoms with Gasteiger partial charge in [-0.2, -0.15) is 5.10 Å². The van der Waals surface area contributed by atoms with Gasteiger partial charge in [-0.15, -0.1) is 0 Å². The van der Waals surface area contributed by atoms with E-state index in [0.717, 1.165) is 17.0 Å². The van der Waals surface area contributed by atoms with Crippen LogP contribution in [0.5, 0.6) is 5.88 Å². The summed E-state index contributed by atoms with van der Waals surface area (Å²) in [6, 6.07) is 3.24. The fraction of sp³-hybridized carbons (Fsp3) is 0.471. The SMILES string of the molecule is COc1ccc(NC(=O)Cc2c(C)nn(C3CCS(=O)(=O)C3)c2C)cn1. The van der Waals surface area contributed by atoms with Crippen LogP contribution in [0.4, 0.5) is 5.69 Å². The zero-order chi connectivity index (χ0) is 18.9. The topological polar surface area (TPSA) is 103 Å². The van der Waals surface area contributed by atoms with Gasteiger partial charge < -0.3 is 10.1 Å². The molecule has 1 atom stereocenters. The Morgan fingerprint density at radius 1 is 1.38 bits per heavy atom. The lowest BCUT2D eigenvalue weighted by atomic mass is 10.1. The first-order valence-corrected chi connectivity index (χ1v) is 10.2. The molecule has 1 aliphatic rings. The molecule has 0 spiro atoms. The minimum atomic E-state index is -2.99. The predicted octanol–water partition coefficient (Wildman–Crippen LogP) is 1.44. The molecular formula is C17H22N4O4S. The molecular weight excluding hydrogens is 356 g/mol. The Labute approximate surface area is 152 Å². The normalized spacial score (nSPS) is 18.7. The Bertz CT molecular complexity index is 919. The third-order valence-corrected chi connectivity index (χ3v) is 6.35. The number of hydrogen-bond donors (Lipinski definition) is 1. The van der Waals surface area contributed by atoms with E-state index in [1.165, 1.54) is 13.3 Å². The fourth-order valence-corrected chi connectivity index (χ4v) is 4.91. The molecule has 0 saturated carbocycles. The van der Waals surface area contributed by atoms with E-state index in [1.54, 1.807) is 16.8 Å². The van der Waals surface area contributed by atoms with E-state index in [2.05, 4.69) is 15.4 Å². The van der Waals surface area contributed by atoms with E-state index >= 15 is 0 Å². The zero-order valence-electron chi connectivity index (χ0n) is 15.0. The van der Waals surface area contributed by atoms with Crippen molar-refractivity contribution in [2.75, 3.05) is 23.9 Å². The van der Waals surface area contributed by atoms with Crippen LogP contribution in [0, 0.1) is 13.8 Å². The molecule has 2 aromatic heterocycles. The van der Waals surface area contributed by atoms with Crippen molar-refractivity contribution in [3.05, 3.63) is 35.3 Å². The Hall–Kier alpha value is -2.42. The van der Waals surface area contributed by atoms with Gasteiger partial charge in [-0.1, -0.05) is 0 Å². The van der Waals surface area contributed by atoms with Crippen LogP contribution in [0.3, 0.4) is 0 Å². The van der Waals surface area contributed by atoms with E-state index < -0.39 is 9.84 Å². The van der Waals surface area contributed by atoms with Crippen LogP contribution in [-0.4, -0.2) is 47.7 Å². The van der Waals surface area contributed by atoms with Crippen molar-refractivity contribution in [1.29, 1.82) is 0 Å². The number of anilines is 1. The lowest BCUT2D eigenvalue weighted by Gasteiger charge is -2.11. The van der Waals surface area contributed by atoms with Gasteiger partial charge in [-0.3, -0.25) is 9.48 Å². The lowest BCUT2D eigenvalue weighted by molar-refractivity contribution is -0.115. The van der Waals surface area contributed by atoms with Crippen LogP contribution >= 0.6 is 0 Å². The summed E-state index contributed by atoms with van der Waals surface area (Å²) in [5, 5.41) is 7.28. The number of nitrogens with zero attached hydrogens (tertiary/aromatic N) is 3. The molecule has 1 unspecified atom stereocenters. The number of methoxy groups -OCH3 is 1. The van der Waals surface area contributed by atoms with Crippen LogP contribution in [0.2, 0.25) is 0 Å². The number of carbonyl (C=O) groups is 1. The molecule has 140 valence electrons. The van der Waals surface area contributed by atoms with Gasteiger partial charge in [0.2, 0.25) is 11.8 Å². The summed E-state index contributed by atoms with van der Waals surface area (Å²) in [6.07, 6.45) is 2.26. The average molecular weight is 378 g/mol. The second-order valence-corrected chi connectivity index (χ2v) is 8.69. The Kier molecular flexibility index (Phi) is 4.99. The molecule has 26 heavy (non-hydrogen) atoms. The van der Waals surface area contributed by atoms with Crippen LogP contribution in [0.15, 0.2) is 18.3 Å². The highest BCUT2D eigenvalue weighted by Gasteiger charge is 2.31. The largest absolute Gasteiger partial charge is 0.481 e. The smallest absolute Gasteiger partial charge is 0.228 e. The molecule has 3 heterocycles. The quantitative estimate of drug-likeness (QED) is 0.844. The van der Waals surface area contributed by atoms with E-state index in [0.29, 0.717) is 18.0 Å². The number of nitrogens with one attached hydrogen (secondary N) is 1. The summed E-state index contributed by atoms with van der Waals surface area (Å²) < 4.78 is 30.2. The van der Waals surface area contributed by atoms with Crippen LogP contribution in [0.1, 0.15) is 29.4 Å². The van der Waals surface area contributed by atoms with Crippen molar-refractivity contribution in [3.63, 3.8) is 0 Å². The summed E-state index contributed by atoms with van der Waals surface area (Å²) in [4.78, 5) is 16.4. The number of pyridine rings is 1. The van der Waals surface area contributed by atoms with E-state index in [9.17, 15) is 13.2 Å². The minimum Gasteiger partial charge on any atom is -0.481 e. The number of amides is 1.